The first-order valence-corrected chi connectivity index (χ1v) is 20.5. The Balaban J connectivity index is 1.09. The quantitative estimate of drug-likeness (QED) is 0.129. The molecule has 2 aliphatic rings. The third-order valence-corrected chi connectivity index (χ3v) is 13.1. The Morgan fingerprint density at radius 2 is 0.800 bits per heavy atom. The first-order chi connectivity index (χ1) is 31.5. The molecule has 2 aliphatic heterocycles. The summed E-state index contributed by atoms with van der Waals surface area (Å²) in [6.45, 7) is -0.566. The van der Waals surface area contributed by atoms with Crippen LogP contribution >= 0.6 is 0 Å². The van der Waals surface area contributed by atoms with E-state index in [9.17, 15) is 2.74 Å². The van der Waals surface area contributed by atoms with Gasteiger partial charge in [-0.2, -0.15) is 0 Å². The van der Waals surface area contributed by atoms with Gasteiger partial charge in [0.2, 0.25) is 5.88 Å². The molecule has 60 heavy (non-hydrogen) atoms. The van der Waals surface area contributed by atoms with E-state index in [4.69, 9.17) is 7.16 Å². The van der Waals surface area contributed by atoms with Gasteiger partial charge in [-0.05, 0) is 124 Å². The van der Waals surface area contributed by atoms with Gasteiger partial charge in [0, 0.05) is 39.3 Å². The van der Waals surface area contributed by atoms with Crippen LogP contribution in [-0.2, 0) is 0 Å². The number of hydrogen-bond donors (Lipinski definition) is 0. The van der Waals surface area contributed by atoms with Gasteiger partial charge in [0.25, 0.3) is 6.71 Å². The molecule has 0 fully saturated rings. The Hall–Kier alpha value is -7.82. The molecule has 0 N–H and O–H groups in total. The summed E-state index contributed by atoms with van der Waals surface area (Å²) in [6.07, 6.45) is 0. The van der Waals surface area contributed by atoms with E-state index in [2.05, 4.69) is 168 Å². The third kappa shape index (κ3) is 4.19. The molecule has 3 heterocycles. The molecule has 0 radical (unpaired) electrons. The molecule has 0 aliphatic carbocycles. The Morgan fingerprint density at radius 1 is 0.367 bits per heavy atom. The molecule has 4 heteroatoms. The van der Waals surface area contributed by atoms with Gasteiger partial charge in [0.05, 0.1) is 5.48 Å². The molecule has 12 aromatic rings. The van der Waals surface area contributed by atoms with Gasteiger partial charge >= 0.3 is 0 Å². The van der Waals surface area contributed by atoms with Gasteiger partial charge in [-0.1, -0.05) is 152 Å². The van der Waals surface area contributed by atoms with E-state index in [-0.39, 0.29) is 24.2 Å². The number of hydrogen-bond acceptors (Lipinski definition) is 3. The lowest BCUT2D eigenvalue weighted by molar-refractivity contribution is 0.623. The summed E-state index contributed by atoms with van der Waals surface area (Å²) in [7, 11) is 0. The fourth-order valence-electron chi connectivity index (χ4n) is 10.7. The van der Waals surface area contributed by atoms with Gasteiger partial charge in [-0.3, -0.25) is 4.90 Å². The molecule has 1 aromatic heterocycles. The molecule has 3 nitrogen and oxygen atoms in total. The molecule has 0 spiro atoms. The van der Waals surface area contributed by atoms with E-state index in [0.29, 0.717) is 22.6 Å². The van der Waals surface area contributed by atoms with Crippen molar-refractivity contribution >= 4 is 133 Å². The van der Waals surface area contributed by atoms with Crippen LogP contribution in [0.2, 0.25) is 0 Å². The Kier molecular flexibility index (Phi) is 5.65. The maximum absolute atomic E-state index is 9.75. The molecule has 276 valence electrons. The number of para-hydroxylation sites is 2. The van der Waals surface area contributed by atoms with E-state index in [1.807, 2.05) is 18.2 Å². The van der Waals surface area contributed by atoms with E-state index in [0.717, 1.165) is 71.4 Å². The molecule has 0 saturated heterocycles. The predicted molar refractivity (Wildman–Crippen MR) is 255 cm³/mol. The Bertz CT molecular complexity index is 4000. The number of anilines is 6. The average Bonchev–Trinajstić information content (AvgIpc) is 3.74. The summed E-state index contributed by atoms with van der Waals surface area (Å²) in [5.74, 6) is 0.635. The lowest BCUT2D eigenvalue weighted by Gasteiger charge is -2.42. The Labute approximate surface area is 351 Å². The van der Waals surface area contributed by atoms with E-state index in [1.165, 1.54) is 32.3 Å². The zero-order valence-electron chi connectivity index (χ0n) is 36.1. The summed E-state index contributed by atoms with van der Waals surface area (Å²) < 4.78 is 44.6. The molecule has 0 unspecified atom stereocenters. The van der Waals surface area contributed by atoms with Gasteiger partial charge in [-0.25, -0.2) is 0 Å². The molecular formula is C56H33BN2O. The monoisotopic (exact) mass is 764 g/mol. The van der Waals surface area contributed by atoms with Crippen molar-refractivity contribution in [3.63, 3.8) is 0 Å². The highest BCUT2D eigenvalue weighted by atomic mass is 16.4. The fraction of sp³-hybridized carbons (Fsp3) is 0. The normalized spacial score (nSPS) is 14.2. The summed E-state index contributed by atoms with van der Waals surface area (Å²) in [5.41, 5.74) is 6.98. The van der Waals surface area contributed by atoms with E-state index >= 15 is 0 Å². The average molecular weight is 765 g/mol. The number of fused-ring (bicyclic) bond motifs is 18. The predicted octanol–water partition coefficient (Wildman–Crippen LogP) is 13.4. The molecule has 0 bridgehead atoms. The van der Waals surface area contributed by atoms with Crippen molar-refractivity contribution in [2.45, 2.75) is 0 Å². The van der Waals surface area contributed by atoms with Gasteiger partial charge < -0.3 is 9.32 Å². The van der Waals surface area contributed by atoms with Crippen LogP contribution in [-0.4, -0.2) is 6.71 Å². The number of benzene rings is 11. The first-order valence-electron chi connectivity index (χ1n) is 22.5. The van der Waals surface area contributed by atoms with Gasteiger partial charge in [0.1, 0.15) is 5.58 Å². The zero-order chi connectivity index (χ0) is 42.5. The molecular weight excluding hydrogens is 727 g/mol. The van der Waals surface area contributed by atoms with Crippen molar-refractivity contribution in [1.29, 1.82) is 0 Å². The van der Waals surface area contributed by atoms with Crippen LogP contribution in [0.4, 0.5) is 34.3 Å². The summed E-state index contributed by atoms with van der Waals surface area (Å²) in [4.78, 5) is 4.31. The minimum Gasteiger partial charge on any atom is -0.440 e. The lowest BCUT2D eigenvalue weighted by atomic mass is 9.33. The topological polar surface area (TPSA) is 19.6 Å². The fourth-order valence-corrected chi connectivity index (χ4v) is 10.7. The molecule has 0 atom stereocenters. The maximum Gasteiger partial charge on any atom is 0.257 e. The van der Waals surface area contributed by atoms with Crippen molar-refractivity contribution in [2.75, 3.05) is 9.80 Å². The van der Waals surface area contributed by atoms with Crippen molar-refractivity contribution < 1.29 is 9.90 Å². The highest BCUT2D eigenvalue weighted by Crippen LogP contribution is 2.48. The number of nitrogens with zero attached hydrogens (tertiary/aromatic N) is 2. The SMILES string of the molecule is [2H]c1c([2H])c([2H])c2c(c1[2H])B1c3c(cccc3N2c2ccc3c4ccccc4c4ccccc4c3c2)N(c2ccc3c4ccccc4c4ccccc4c3c2)c2oc3ccccc3c21. The van der Waals surface area contributed by atoms with Crippen LogP contribution < -0.4 is 26.2 Å². The van der Waals surface area contributed by atoms with Crippen molar-refractivity contribution in [3.8, 4) is 0 Å². The zero-order valence-corrected chi connectivity index (χ0v) is 32.1. The minimum atomic E-state index is -0.566. The number of furan rings is 1. The van der Waals surface area contributed by atoms with E-state index in [1.54, 1.807) is 0 Å². The standard InChI is InChI=1S/C56H33BN2O/c1-3-18-40-36(14-1)38-16-5-7-20-42(38)47-32-34(28-30-44(40)47)58-50-24-11-10-23-49(50)57-54-46-22-9-12-27-53(46)60-56(54)59(52-26-13-25-51(58)55(52)57)35-29-31-45-41-19-4-2-15-37(41)39-17-6-8-21-43(39)48(45)33-35/h1-33H/i10D,11D,23D,24D. The Morgan fingerprint density at radius 3 is 1.35 bits per heavy atom. The van der Waals surface area contributed by atoms with Crippen LogP contribution in [0.3, 0.4) is 0 Å². The highest BCUT2D eigenvalue weighted by molar-refractivity contribution is 7.01. The van der Waals surface area contributed by atoms with Crippen molar-refractivity contribution in [1.82, 2.24) is 0 Å². The number of rotatable bonds is 2. The third-order valence-electron chi connectivity index (χ3n) is 13.1. The molecule has 11 aromatic carbocycles. The maximum atomic E-state index is 9.75. The lowest BCUT2D eigenvalue weighted by Crippen LogP contribution is -2.61. The van der Waals surface area contributed by atoms with Crippen LogP contribution in [0.25, 0.3) is 75.6 Å². The molecule has 0 saturated carbocycles. The smallest absolute Gasteiger partial charge is 0.257 e. The second kappa shape index (κ2) is 11.9. The highest BCUT2D eigenvalue weighted by Gasteiger charge is 2.46. The second-order valence-electron chi connectivity index (χ2n) is 16.0. The van der Waals surface area contributed by atoms with Crippen LogP contribution in [0.15, 0.2) is 205 Å². The largest absolute Gasteiger partial charge is 0.440 e. The summed E-state index contributed by atoms with van der Waals surface area (Å²) >= 11 is 0. The van der Waals surface area contributed by atoms with Crippen LogP contribution in [0.1, 0.15) is 5.48 Å². The minimum absolute atomic E-state index is 0.0579. The van der Waals surface area contributed by atoms with Crippen molar-refractivity contribution in [2.24, 2.45) is 0 Å². The van der Waals surface area contributed by atoms with Crippen LogP contribution in [0, 0.1) is 0 Å². The summed E-state index contributed by atoms with van der Waals surface area (Å²) in [5, 5.41) is 14.8. The van der Waals surface area contributed by atoms with Crippen molar-refractivity contribution in [3.05, 3.63) is 200 Å². The van der Waals surface area contributed by atoms with E-state index < -0.39 is 6.71 Å². The van der Waals surface area contributed by atoms with Gasteiger partial charge in [-0.15, -0.1) is 0 Å². The first kappa shape index (κ1) is 28.6. The second-order valence-corrected chi connectivity index (χ2v) is 16.0. The van der Waals surface area contributed by atoms with Gasteiger partial charge in [0.15, 0.2) is 0 Å². The van der Waals surface area contributed by atoms with Crippen LogP contribution in [0.5, 0.6) is 0 Å². The molecule has 0 amide bonds. The molecule has 14 rings (SSSR count). The summed E-state index contributed by atoms with van der Waals surface area (Å²) in [6, 6.07) is 61.1.